The summed E-state index contributed by atoms with van der Waals surface area (Å²) in [6.45, 7) is 2.14. The van der Waals surface area contributed by atoms with Gasteiger partial charge in [0.1, 0.15) is 6.61 Å². The van der Waals surface area contributed by atoms with Crippen LogP contribution in [0.15, 0.2) is 30.3 Å². The number of likely N-dealkylation sites (tertiary alicyclic amines) is 1. The van der Waals surface area contributed by atoms with E-state index in [1.54, 1.807) is 11.8 Å². The molecule has 1 heterocycles. The van der Waals surface area contributed by atoms with Crippen LogP contribution in [0.2, 0.25) is 0 Å². The van der Waals surface area contributed by atoms with Gasteiger partial charge in [-0.1, -0.05) is 30.3 Å². The van der Waals surface area contributed by atoms with E-state index < -0.39 is 17.7 Å². The number of hydrogen-bond acceptors (Lipinski definition) is 4. The summed E-state index contributed by atoms with van der Waals surface area (Å²) in [6.07, 6.45) is 2.19. The van der Waals surface area contributed by atoms with Gasteiger partial charge in [0.2, 0.25) is 11.8 Å². The van der Waals surface area contributed by atoms with Crippen molar-refractivity contribution < 1.29 is 19.4 Å². The van der Waals surface area contributed by atoms with Crippen molar-refractivity contribution in [1.29, 1.82) is 0 Å². The first-order valence-corrected chi connectivity index (χ1v) is 8.80. The van der Waals surface area contributed by atoms with Crippen molar-refractivity contribution in [1.82, 2.24) is 10.2 Å². The molecule has 2 N–H and O–H groups in total. The number of rotatable bonds is 5. The Bertz CT molecular complexity index is 628. The highest BCUT2D eigenvalue weighted by atomic mass is 16.5. The number of amides is 2. The third-order valence-corrected chi connectivity index (χ3v) is 5.16. The highest BCUT2D eigenvalue weighted by molar-refractivity contribution is 5.82. The Hall–Kier alpha value is -1.92. The summed E-state index contributed by atoms with van der Waals surface area (Å²) >= 11 is 0. The zero-order valence-electron chi connectivity index (χ0n) is 14.8. The SMILES string of the molecule is COCC(=O)N1CC[C@@](C)(O)[C@@H](NC(=O)C2CC2)[C@@H]1c1ccccc1. The van der Waals surface area contributed by atoms with E-state index in [9.17, 15) is 14.7 Å². The number of benzene rings is 1. The van der Waals surface area contributed by atoms with Crippen LogP contribution in [0.1, 0.15) is 37.8 Å². The van der Waals surface area contributed by atoms with Gasteiger partial charge in [0.15, 0.2) is 0 Å². The van der Waals surface area contributed by atoms with Gasteiger partial charge in [-0.15, -0.1) is 0 Å². The Morgan fingerprint density at radius 3 is 2.60 bits per heavy atom. The van der Waals surface area contributed by atoms with E-state index in [4.69, 9.17) is 4.74 Å². The molecule has 1 aromatic rings. The smallest absolute Gasteiger partial charge is 0.249 e. The number of piperidine rings is 1. The van der Waals surface area contributed by atoms with E-state index in [2.05, 4.69) is 5.32 Å². The summed E-state index contributed by atoms with van der Waals surface area (Å²) < 4.78 is 5.02. The molecule has 3 rings (SSSR count). The average molecular weight is 346 g/mol. The number of nitrogens with zero attached hydrogens (tertiary/aromatic N) is 1. The monoisotopic (exact) mass is 346 g/mol. The van der Waals surface area contributed by atoms with Crippen LogP contribution in [0, 0.1) is 5.92 Å². The fourth-order valence-corrected chi connectivity index (χ4v) is 3.52. The average Bonchev–Trinajstić information content (AvgIpc) is 3.42. The number of methoxy groups -OCH3 is 1. The van der Waals surface area contributed by atoms with E-state index in [0.29, 0.717) is 13.0 Å². The molecule has 1 saturated carbocycles. The Morgan fingerprint density at radius 2 is 2.00 bits per heavy atom. The highest BCUT2D eigenvalue weighted by Crippen LogP contribution is 2.38. The Balaban J connectivity index is 1.95. The molecule has 136 valence electrons. The summed E-state index contributed by atoms with van der Waals surface area (Å²) in [4.78, 5) is 26.7. The molecule has 2 aliphatic rings. The van der Waals surface area contributed by atoms with Gasteiger partial charge in [-0.2, -0.15) is 0 Å². The molecule has 0 radical (unpaired) electrons. The minimum Gasteiger partial charge on any atom is -0.388 e. The molecule has 25 heavy (non-hydrogen) atoms. The fraction of sp³-hybridized carbons (Fsp3) is 0.579. The van der Waals surface area contributed by atoms with Crippen molar-refractivity contribution in [3.05, 3.63) is 35.9 Å². The third-order valence-electron chi connectivity index (χ3n) is 5.16. The van der Waals surface area contributed by atoms with Crippen molar-refractivity contribution >= 4 is 11.8 Å². The van der Waals surface area contributed by atoms with Crippen molar-refractivity contribution in [3.63, 3.8) is 0 Å². The quantitative estimate of drug-likeness (QED) is 0.841. The summed E-state index contributed by atoms with van der Waals surface area (Å²) in [5.74, 6) is -0.137. The second-order valence-electron chi connectivity index (χ2n) is 7.24. The molecule has 0 spiro atoms. The van der Waals surface area contributed by atoms with Gasteiger partial charge < -0.3 is 20.1 Å². The molecule has 2 fully saturated rings. The van der Waals surface area contributed by atoms with E-state index in [1.807, 2.05) is 30.3 Å². The molecule has 3 atom stereocenters. The van der Waals surface area contributed by atoms with Crippen LogP contribution in [0.5, 0.6) is 0 Å². The Labute approximate surface area is 148 Å². The van der Waals surface area contributed by atoms with Crippen LogP contribution in [-0.2, 0) is 14.3 Å². The summed E-state index contributed by atoms with van der Waals surface area (Å²) in [7, 11) is 1.49. The molecule has 1 aliphatic carbocycles. The van der Waals surface area contributed by atoms with E-state index in [-0.39, 0.29) is 24.3 Å². The molecular weight excluding hydrogens is 320 g/mol. The maximum Gasteiger partial charge on any atom is 0.249 e. The summed E-state index contributed by atoms with van der Waals surface area (Å²) in [5, 5.41) is 14.0. The third kappa shape index (κ3) is 3.85. The molecule has 1 aliphatic heterocycles. The van der Waals surface area contributed by atoms with Crippen molar-refractivity contribution in [2.75, 3.05) is 20.3 Å². The fourth-order valence-electron chi connectivity index (χ4n) is 3.52. The van der Waals surface area contributed by atoms with Gasteiger partial charge in [0, 0.05) is 19.6 Å². The van der Waals surface area contributed by atoms with Gasteiger partial charge in [-0.25, -0.2) is 0 Å². The van der Waals surface area contributed by atoms with Crippen molar-refractivity contribution in [2.45, 2.75) is 43.9 Å². The lowest BCUT2D eigenvalue weighted by atomic mass is 9.79. The standard InChI is InChI=1S/C19H26N2O4/c1-19(24)10-11-21(15(22)12-25-2)16(13-6-4-3-5-7-13)17(19)20-18(23)14-8-9-14/h3-7,14,16-17,24H,8-12H2,1-2H3,(H,20,23)/t16-,17-,19+/m0/s1. The Kier molecular flexibility index (Phi) is 5.11. The van der Waals surface area contributed by atoms with Crippen LogP contribution < -0.4 is 5.32 Å². The normalized spacial score (nSPS) is 29.3. The number of aliphatic hydroxyl groups is 1. The lowest BCUT2D eigenvalue weighted by molar-refractivity contribution is -0.149. The molecule has 1 aromatic carbocycles. The van der Waals surface area contributed by atoms with E-state index in [1.165, 1.54) is 7.11 Å². The molecule has 0 unspecified atom stereocenters. The largest absolute Gasteiger partial charge is 0.388 e. The van der Waals surface area contributed by atoms with Crippen LogP contribution in [0.3, 0.4) is 0 Å². The topological polar surface area (TPSA) is 78.9 Å². The summed E-state index contributed by atoms with van der Waals surface area (Å²) in [6, 6.07) is 8.58. The first-order chi connectivity index (χ1) is 11.9. The van der Waals surface area contributed by atoms with Gasteiger partial charge in [0.25, 0.3) is 0 Å². The second-order valence-corrected chi connectivity index (χ2v) is 7.24. The minimum atomic E-state index is -1.09. The number of carbonyl (C=O) groups excluding carboxylic acids is 2. The van der Waals surface area contributed by atoms with Gasteiger partial charge in [0.05, 0.1) is 17.7 Å². The highest BCUT2D eigenvalue weighted by Gasteiger charge is 2.48. The molecule has 6 nitrogen and oxygen atoms in total. The maximum absolute atomic E-state index is 12.6. The summed E-state index contributed by atoms with van der Waals surface area (Å²) in [5.41, 5.74) is -0.192. The zero-order chi connectivity index (χ0) is 18.0. The first kappa shape index (κ1) is 17.9. The predicted octanol–water partition coefficient (Wildman–Crippen LogP) is 1.25. The van der Waals surface area contributed by atoms with Gasteiger partial charge in [-0.3, -0.25) is 9.59 Å². The molecule has 0 aromatic heterocycles. The lowest BCUT2D eigenvalue weighted by Crippen LogP contribution is -2.63. The minimum absolute atomic E-state index is 0.0191. The van der Waals surface area contributed by atoms with Crippen molar-refractivity contribution in [2.24, 2.45) is 5.92 Å². The number of ether oxygens (including phenoxy) is 1. The number of hydrogen-bond donors (Lipinski definition) is 2. The zero-order valence-corrected chi connectivity index (χ0v) is 14.8. The van der Waals surface area contributed by atoms with E-state index in [0.717, 1.165) is 18.4 Å². The van der Waals surface area contributed by atoms with Gasteiger partial charge >= 0.3 is 0 Å². The van der Waals surface area contributed by atoms with Gasteiger partial charge in [-0.05, 0) is 31.7 Å². The molecule has 1 saturated heterocycles. The van der Waals surface area contributed by atoms with E-state index >= 15 is 0 Å². The second kappa shape index (κ2) is 7.14. The number of nitrogens with one attached hydrogen (secondary N) is 1. The number of carbonyl (C=O) groups is 2. The Morgan fingerprint density at radius 1 is 1.32 bits per heavy atom. The van der Waals surface area contributed by atoms with Crippen LogP contribution in [0.4, 0.5) is 0 Å². The maximum atomic E-state index is 12.6. The van der Waals surface area contributed by atoms with Crippen LogP contribution >= 0.6 is 0 Å². The molecule has 6 heteroatoms. The predicted molar refractivity (Wildman–Crippen MR) is 92.7 cm³/mol. The first-order valence-electron chi connectivity index (χ1n) is 8.80. The molecule has 2 amide bonds. The molecular formula is C19H26N2O4. The van der Waals surface area contributed by atoms with Crippen LogP contribution in [-0.4, -0.2) is 53.7 Å². The molecule has 0 bridgehead atoms. The lowest BCUT2D eigenvalue weighted by Gasteiger charge is -2.49. The van der Waals surface area contributed by atoms with Crippen LogP contribution in [0.25, 0.3) is 0 Å². The van der Waals surface area contributed by atoms with Crippen molar-refractivity contribution in [3.8, 4) is 0 Å².